The predicted octanol–water partition coefficient (Wildman–Crippen LogP) is 1.58. The molecule has 5 heteroatoms. The number of ether oxygens (including phenoxy) is 1. The zero-order chi connectivity index (χ0) is 11.8. The zero-order valence-electron chi connectivity index (χ0n) is 9.11. The highest BCUT2D eigenvalue weighted by Crippen LogP contribution is 2.32. The van der Waals surface area contributed by atoms with Gasteiger partial charge in [-0.15, -0.1) is 0 Å². The van der Waals surface area contributed by atoms with Crippen molar-refractivity contribution in [2.75, 3.05) is 0 Å². The first-order valence-electron chi connectivity index (χ1n) is 5.55. The summed E-state index contributed by atoms with van der Waals surface area (Å²) in [6, 6.07) is 3.74. The number of carboxylic acid groups (broad SMARTS) is 1. The second kappa shape index (κ2) is 3.76. The molecule has 88 valence electrons. The van der Waals surface area contributed by atoms with E-state index in [0.29, 0.717) is 18.6 Å². The highest BCUT2D eigenvalue weighted by molar-refractivity contribution is 5.71. The number of nitrogens with zero attached hydrogens (tertiary/aromatic N) is 2. The minimum absolute atomic E-state index is 0.000926. The Balaban J connectivity index is 1.74. The Morgan fingerprint density at radius 2 is 2.29 bits per heavy atom. The van der Waals surface area contributed by atoms with Crippen molar-refractivity contribution >= 4 is 11.6 Å². The van der Waals surface area contributed by atoms with Gasteiger partial charge in [-0.1, -0.05) is 0 Å². The molecule has 0 atom stereocenters. The molecule has 0 saturated heterocycles. The van der Waals surface area contributed by atoms with Crippen molar-refractivity contribution in [3.8, 4) is 5.75 Å². The van der Waals surface area contributed by atoms with Gasteiger partial charge in [0.15, 0.2) is 11.4 Å². The molecular formula is C12H12N2O3. The molecule has 0 bridgehead atoms. The number of pyridine rings is 1. The van der Waals surface area contributed by atoms with E-state index in [1.807, 2.05) is 28.9 Å². The van der Waals surface area contributed by atoms with Crippen molar-refractivity contribution in [1.82, 2.24) is 9.38 Å². The summed E-state index contributed by atoms with van der Waals surface area (Å²) in [4.78, 5) is 14.9. The van der Waals surface area contributed by atoms with E-state index in [9.17, 15) is 4.79 Å². The summed E-state index contributed by atoms with van der Waals surface area (Å²) in [6.07, 6.45) is 6.62. The van der Waals surface area contributed by atoms with Crippen LogP contribution >= 0.6 is 0 Å². The third-order valence-corrected chi connectivity index (χ3v) is 3.12. The third kappa shape index (κ3) is 1.73. The van der Waals surface area contributed by atoms with Crippen LogP contribution in [0.1, 0.15) is 12.8 Å². The summed E-state index contributed by atoms with van der Waals surface area (Å²) in [6.45, 7) is 0. The molecule has 2 aromatic rings. The molecular weight excluding hydrogens is 220 g/mol. The van der Waals surface area contributed by atoms with Gasteiger partial charge in [0.1, 0.15) is 6.10 Å². The fraction of sp³-hybridized carbons (Fsp3) is 0.333. The van der Waals surface area contributed by atoms with Crippen LogP contribution in [0.25, 0.3) is 5.65 Å². The molecule has 0 spiro atoms. The monoisotopic (exact) mass is 232 g/mol. The number of aromatic nitrogens is 2. The SMILES string of the molecule is O=C(O)[C@H]1C[C@H](Oc2cccn3ccnc23)C1. The van der Waals surface area contributed by atoms with E-state index in [1.165, 1.54) is 0 Å². The fourth-order valence-corrected chi connectivity index (χ4v) is 2.06. The summed E-state index contributed by atoms with van der Waals surface area (Å²) in [7, 11) is 0. The van der Waals surface area contributed by atoms with Gasteiger partial charge in [0.25, 0.3) is 0 Å². The summed E-state index contributed by atoms with van der Waals surface area (Å²) >= 11 is 0. The van der Waals surface area contributed by atoms with Crippen molar-refractivity contribution in [2.24, 2.45) is 5.92 Å². The molecule has 0 aromatic carbocycles. The van der Waals surface area contributed by atoms with Crippen LogP contribution in [0.5, 0.6) is 5.75 Å². The largest absolute Gasteiger partial charge is 0.486 e. The normalized spacial score (nSPS) is 23.3. The highest BCUT2D eigenvalue weighted by atomic mass is 16.5. The van der Waals surface area contributed by atoms with E-state index in [2.05, 4.69) is 4.98 Å². The van der Waals surface area contributed by atoms with Gasteiger partial charge in [0, 0.05) is 18.6 Å². The molecule has 1 saturated carbocycles. The molecule has 2 aromatic heterocycles. The number of imidazole rings is 1. The number of fused-ring (bicyclic) bond motifs is 1. The number of carbonyl (C=O) groups is 1. The lowest BCUT2D eigenvalue weighted by molar-refractivity contribution is -0.147. The number of aliphatic carboxylic acids is 1. The second-order valence-corrected chi connectivity index (χ2v) is 4.28. The van der Waals surface area contributed by atoms with E-state index >= 15 is 0 Å². The van der Waals surface area contributed by atoms with Gasteiger partial charge in [-0.05, 0) is 25.0 Å². The van der Waals surface area contributed by atoms with Crippen LogP contribution in [0.2, 0.25) is 0 Å². The van der Waals surface area contributed by atoms with Crippen LogP contribution in [0.4, 0.5) is 0 Å². The molecule has 17 heavy (non-hydrogen) atoms. The van der Waals surface area contributed by atoms with Gasteiger partial charge in [-0.25, -0.2) is 4.98 Å². The summed E-state index contributed by atoms with van der Waals surface area (Å²) in [5, 5.41) is 8.78. The zero-order valence-corrected chi connectivity index (χ0v) is 9.11. The molecule has 2 heterocycles. The Morgan fingerprint density at radius 3 is 3.06 bits per heavy atom. The minimum atomic E-state index is -0.733. The fourth-order valence-electron chi connectivity index (χ4n) is 2.06. The molecule has 0 aliphatic heterocycles. The number of carboxylic acids is 1. The van der Waals surface area contributed by atoms with E-state index in [1.54, 1.807) is 6.20 Å². The van der Waals surface area contributed by atoms with Crippen molar-refractivity contribution in [3.05, 3.63) is 30.7 Å². The van der Waals surface area contributed by atoms with Crippen LogP contribution in [0.15, 0.2) is 30.7 Å². The second-order valence-electron chi connectivity index (χ2n) is 4.28. The van der Waals surface area contributed by atoms with Gasteiger partial charge in [0.05, 0.1) is 5.92 Å². The Bertz CT molecular complexity index is 558. The van der Waals surface area contributed by atoms with Crippen LogP contribution in [-0.2, 0) is 4.79 Å². The molecule has 1 N–H and O–H groups in total. The molecule has 0 amide bonds. The third-order valence-electron chi connectivity index (χ3n) is 3.12. The minimum Gasteiger partial charge on any atom is -0.486 e. The van der Waals surface area contributed by atoms with Gasteiger partial charge in [-0.3, -0.25) is 4.79 Å². The van der Waals surface area contributed by atoms with Crippen LogP contribution < -0.4 is 4.74 Å². The average Bonchev–Trinajstić information content (AvgIpc) is 2.70. The highest BCUT2D eigenvalue weighted by Gasteiger charge is 2.36. The summed E-state index contributed by atoms with van der Waals surface area (Å²) < 4.78 is 7.63. The lowest BCUT2D eigenvalue weighted by Gasteiger charge is -2.32. The molecule has 1 aliphatic rings. The Morgan fingerprint density at radius 1 is 1.47 bits per heavy atom. The van der Waals surface area contributed by atoms with Gasteiger partial charge >= 0.3 is 5.97 Å². The average molecular weight is 232 g/mol. The number of rotatable bonds is 3. The molecule has 3 rings (SSSR count). The maximum Gasteiger partial charge on any atom is 0.306 e. The Labute approximate surface area is 97.7 Å². The first-order valence-corrected chi connectivity index (χ1v) is 5.55. The lowest BCUT2D eigenvalue weighted by Crippen LogP contribution is -2.38. The molecule has 5 nitrogen and oxygen atoms in total. The summed E-state index contributed by atoms with van der Waals surface area (Å²) in [5.41, 5.74) is 0.770. The van der Waals surface area contributed by atoms with Gasteiger partial charge in [0.2, 0.25) is 0 Å². The number of hydrogen-bond acceptors (Lipinski definition) is 3. The first kappa shape index (κ1) is 10.1. The quantitative estimate of drug-likeness (QED) is 0.872. The maximum absolute atomic E-state index is 10.7. The summed E-state index contributed by atoms with van der Waals surface area (Å²) in [5.74, 6) is -0.269. The van der Waals surface area contributed by atoms with Gasteiger partial charge < -0.3 is 14.2 Å². The van der Waals surface area contributed by atoms with Crippen molar-refractivity contribution in [2.45, 2.75) is 18.9 Å². The van der Waals surface area contributed by atoms with Crippen molar-refractivity contribution in [1.29, 1.82) is 0 Å². The first-order chi connectivity index (χ1) is 8.24. The Kier molecular flexibility index (Phi) is 2.24. The number of hydrogen-bond donors (Lipinski definition) is 1. The smallest absolute Gasteiger partial charge is 0.306 e. The topological polar surface area (TPSA) is 63.8 Å². The van der Waals surface area contributed by atoms with E-state index < -0.39 is 5.97 Å². The molecule has 0 unspecified atom stereocenters. The maximum atomic E-state index is 10.7. The predicted molar refractivity (Wildman–Crippen MR) is 60.0 cm³/mol. The van der Waals surface area contributed by atoms with E-state index in [4.69, 9.17) is 9.84 Å². The molecule has 1 fully saturated rings. The molecule has 0 radical (unpaired) electrons. The van der Waals surface area contributed by atoms with E-state index in [-0.39, 0.29) is 12.0 Å². The van der Waals surface area contributed by atoms with Crippen LogP contribution in [-0.4, -0.2) is 26.6 Å². The van der Waals surface area contributed by atoms with Crippen LogP contribution in [0.3, 0.4) is 0 Å². The molecule has 1 aliphatic carbocycles. The Hall–Kier alpha value is -2.04. The van der Waals surface area contributed by atoms with E-state index in [0.717, 1.165) is 5.65 Å². The lowest BCUT2D eigenvalue weighted by atomic mass is 9.82. The van der Waals surface area contributed by atoms with Crippen molar-refractivity contribution < 1.29 is 14.6 Å². The van der Waals surface area contributed by atoms with Crippen LogP contribution in [0, 0.1) is 5.92 Å². The van der Waals surface area contributed by atoms with Crippen molar-refractivity contribution in [3.63, 3.8) is 0 Å². The van der Waals surface area contributed by atoms with Gasteiger partial charge in [-0.2, -0.15) is 0 Å². The standard InChI is InChI=1S/C12H12N2O3/c15-12(16)8-6-9(7-8)17-10-2-1-4-14-5-3-13-11(10)14/h1-5,8-9H,6-7H2,(H,15,16)/t8-,9-.